The summed E-state index contributed by atoms with van der Waals surface area (Å²) in [5.41, 5.74) is 6.32. The zero-order chi connectivity index (χ0) is 13.1. The summed E-state index contributed by atoms with van der Waals surface area (Å²) in [7, 11) is 2.25. The van der Waals surface area contributed by atoms with Gasteiger partial charge in [-0.1, -0.05) is 13.8 Å². The van der Waals surface area contributed by atoms with Gasteiger partial charge in [0, 0.05) is 37.8 Å². The van der Waals surface area contributed by atoms with E-state index in [0.717, 1.165) is 13.1 Å². The van der Waals surface area contributed by atoms with E-state index >= 15 is 0 Å². The van der Waals surface area contributed by atoms with E-state index in [2.05, 4.69) is 44.5 Å². The van der Waals surface area contributed by atoms with Gasteiger partial charge in [0.2, 0.25) is 0 Å². The molecule has 0 saturated carbocycles. The van der Waals surface area contributed by atoms with Crippen LogP contribution in [0.15, 0.2) is 0 Å². The molecule has 0 aromatic heterocycles. The van der Waals surface area contributed by atoms with Crippen molar-refractivity contribution >= 4 is 0 Å². The average molecular weight is 241 g/mol. The van der Waals surface area contributed by atoms with E-state index in [0.29, 0.717) is 12.0 Å². The van der Waals surface area contributed by atoms with Crippen LogP contribution in [0.3, 0.4) is 0 Å². The lowest BCUT2D eigenvalue weighted by molar-refractivity contribution is 0.0282. The molecule has 1 saturated heterocycles. The van der Waals surface area contributed by atoms with Gasteiger partial charge >= 0.3 is 0 Å². The Bertz CT molecular complexity index is 218. The van der Waals surface area contributed by atoms with Gasteiger partial charge in [-0.15, -0.1) is 0 Å². The smallest absolute Gasteiger partial charge is 0.0353 e. The van der Waals surface area contributed by atoms with Gasteiger partial charge in [-0.25, -0.2) is 0 Å². The van der Waals surface area contributed by atoms with E-state index in [-0.39, 0.29) is 5.54 Å². The Kier molecular flexibility index (Phi) is 5.42. The second-order valence-corrected chi connectivity index (χ2v) is 6.33. The lowest BCUT2D eigenvalue weighted by atomic mass is 9.85. The molecule has 0 unspecified atom stereocenters. The highest BCUT2D eigenvalue weighted by Gasteiger charge is 2.37. The van der Waals surface area contributed by atoms with Gasteiger partial charge in [0.05, 0.1) is 0 Å². The van der Waals surface area contributed by atoms with Crippen LogP contribution in [0.2, 0.25) is 0 Å². The number of nitrogens with zero attached hydrogens (tertiary/aromatic N) is 2. The van der Waals surface area contributed by atoms with Crippen molar-refractivity contribution in [3.8, 4) is 0 Å². The summed E-state index contributed by atoms with van der Waals surface area (Å²) in [4.78, 5) is 5.08. The topological polar surface area (TPSA) is 32.5 Å². The number of likely N-dealkylation sites (tertiary alicyclic amines) is 1. The Morgan fingerprint density at radius 2 is 1.71 bits per heavy atom. The molecule has 1 fully saturated rings. The largest absolute Gasteiger partial charge is 0.329 e. The molecule has 1 aliphatic rings. The van der Waals surface area contributed by atoms with Crippen molar-refractivity contribution < 1.29 is 0 Å². The standard InChI is InChI=1S/C14H31N3/c1-12(2)10-16(5)14(11-15)6-8-17(9-7-14)13(3)4/h12-13H,6-11,15H2,1-5H3. The maximum Gasteiger partial charge on any atom is 0.0353 e. The monoisotopic (exact) mass is 241 g/mol. The van der Waals surface area contributed by atoms with E-state index in [4.69, 9.17) is 5.73 Å². The minimum absolute atomic E-state index is 0.246. The summed E-state index contributed by atoms with van der Waals surface area (Å²) >= 11 is 0. The Hall–Kier alpha value is -0.120. The highest BCUT2D eigenvalue weighted by molar-refractivity contribution is 4.95. The van der Waals surface area contributed by atoms with Crippen molar-refractivity contribution in [1.82, 2.24) is 9.80 Å². The Morgan fingerprint density at radius 3 is 2.06 bits per heavy atom. The molecule has 0 aliphatic carbocycles. The van der Waals surface area contributed by atoms with Gasteiger partial charge in [0.15, 0.2) is 0 Å². The van der Waals surface area contributed by atoms with Crippen LogP contribution in [0.4, 0.5) is 0 Å². The Labute approximate surface area is 107 Å². The maximum absolute atomic E-state index is 6.08. The molecule has 0 atom stereocenters. The van der Waals surface area contributed by atoms with Crippen LogP contribution < -0.4 is 5.73 Å². The van der Waals surface area contributed by atoms with Gasteiger partial charge in [-0.05, 0) is 39.7 Å². The normalized spacial score (nSPS) is 21.7. The molecular formula is C14H31N3. The zero-order valence-electron chi connectivity index (χ0n) is 12.4. The Balaban J connectivity index is 2.60. The molecule has 0 bridgehead atoms. The zero-order valence-corrected chi connectivity index (χ0v) is 12.4. The fourth-order valence-corrected chi connectivity index (χ4v) is 2.94. The van der Waals surface area contributed by atoms with Crippen molar-refractivity contribution in [1.29, 1.82) is 0 Å². The summed E-state index contributed by atoms with van der Waals surface area (Å²) < 4.78 is 0. The SMILES string of the molecule is CC(C)CN(C)C1(CN)CCN(C(C)C)CC1. The van der Waals surface area contributed by atoms with Crippen LogP contribution >= 0.6 is 0 Å². The van der Waals surface area contributed by atoms with Crippen LogP contribution in [0.1, 0.15) is 40.5 Å². The summed E-state index contributed by atoms with van der Waals surface area (Å²) in [6.07, 6.45) is 2.43. The van der Waals surface area contributed by atoms with Gasteiger partial charge in [-0.2, -0.15) is 0 Å². The quantitative estimate of drug-likeness (QED) is 0.796. The number of rotatable bonds is 5. The summed E-state index contributed by atoms with van der Waals surface area (Å²) in [5.74, 6) is 0.714. The lowest BCUT2D eigenvalue weighted by Crippen LogP contribution is -2.59. The summed E-state index contributed by atoms with van der Waals surface area (Å²) in [5, 5.41) is 0. The number of hydrogen-bond donors (Lipinski definition) is 1. The third-order valence-corrected chi connectivity index (χ3v) is 4.29. The predicted molar refractivity (Wildman–Crippen MR) is 75.2 cm³/mol. The minimum atomic E-state index is 0.246. The fraction of sp³-hybridized carbons (Fsp3) is 1.00. The fourth-order valence-electron chi connectivity index (χ4n) is 2.94. The van der Waals surface area contributed by atoms with Crippen molar-refractivity contribution in [2.24, 2.45) is 11.7 Å². The van der Waals surface area contributed by atoms with Gasteiger partial charge < -0.3 is 10.6 Å². The average Bonchev–Trinajstić information content (AvgIpc) is 2.28. The summed E-state index contributed by atoms with van der Waals surface area (Å²) in [6, 6.07) is 0.668. The Morgan fingerprint density at radius 1 is 1.18 bits per heavy atom. The predicted octanol–water partition coefficient (Wildman–Crippen LogP) is 1.78. The van der Waals surface area contributed by atoms with Crippen molar-refractivity contribution in [3.05, 3.63) is 0 Å². The molecule has 102 valence electrons. The van der Waals surface area contributed by atoms with Crippen molar-refractivity contribution in [2.45, 2.75) is 52.1 Å². The molecule has 0 aromatic carbocycles. The van der Waals surface area contributed by atoms with Gasteiger partial charge in [0.25, 0.3) is 0 Å². The van der Waals surface area contributed by atoms with Crippen LogP contribution in [0.25, 0.3) is 0 Å². The van der Waals surface area contributed by atoms with Gasteiger partial charge in [-0.3, -0.25) is 4.90 Å². The van der Waals surface area contributed by atoms with E-state index < -0.39 is 0 Å². The molecule has 3 nitrogen and oxygen atoms in total. The number of likely N-dealkylation sites (N-methyl/N-ethyl adjacent to an activating group) is 1. The van der Waals surface area contributed by atoms with E-state index in [1.165, 1.54) is 25.9 Å². The number of piperidine rings is 1. The number of nitrogens with two attached hydrogens (primary N) is 1. The number of hydrogen-bond acceptors (Lipinski definition) is 3. The molecule has 0 aromatic rings. The lowest BCUT2D eigenvalue weighted by Gasteiger charge is -2.48. The summed E-state index contributed by atoms with van der Waals surface area (Å²) in [6.45, 7) is 13.5. The van der Waals surface area contributed by atoms with Crippen LogP contribution in [-0.2, 0) is 0 Å². The molecule has 1 rings (SSSR count). The first-order valence-corrected chi connectivity index (χ1v) is 7.06. The molecular weight excluding hydrogens is 210 g/mol. The van der Waals surface area contributed by atoms with Crippen molar-refractivity contribution in [3.63, 3.8) is 0 Å². The van der Waals surface area contributed by atoms with Crippen molar-refractivity contribution in [2.75, 3.05) is 33.2 Å². The maximum atomic E-state index is 6.08. The van der Waals surface area contributed by atoms with E-state index in [1.807, 2.05) is 0 Å². The third kappa shape index (κ3) is 3.67. The van der Waals surface area contributed by atoms with Crippen LogP contribution in [0.5, 0.6) is 0 Å². The molecule has 17 heavy (non-hydrogen) atoms. The molecule has 2 N–H and O–H groups in total. The molecule has 1 aliphatic heterocycles. The van der Waals surface area contributed by atoms with E-state index in [1.54, 1.807) is 0 Å². The van der Waals surface area contributed by atoms with Gasteiger partial charge in [0.1, 0.15) is 0 Å². The first kappa shape index (κ1) is 14.9. The second-order valence-electron chi connectivity index (χ2n) is 6.33. The highest BCUT2D eigenvalue weighted by atomic mass is 15.2. The second kappa shape index (κ2) is 6.17. The molecule has 0 radical (unpaired) electrons. The van der Waals surface area contributed by atoms with Crippen LogP contribution in [-0.4, -0.2) is 54.6 Å². The first-order chi connectivity index (χ1) is 7.91. The third-order valence-electron chi connectivity index (χ3n) is 4.29. The van der Waals surface area contributed by atoms with E-state index in [9.17, 15) is 0 Å². The molecule has 0 amide bonds. The first-order valence-electron chi connectivity index (χ1n) is 7.06. The molecule has 1 heterocycles. The molecule has 3 heteroatoms. The van der Waals surface area contributed by atoms with Crippen LogP contribution in [0, 0.1) is 5.92 Å². The minimum Gasteiger partial charge on any atom is -0.329 e. The highest BCUT2D eigenvalue weighted by Crippen LogP contribution is 2.28. The molecule has 0 spiro atoms.